The summed E-state index contributed by atoms with van der Waals surface area (Å²) in [6.07, 6.45) is 3.69. The van der Waals surface area contributed by atoms with Crippen molar-refractivity contribution in [2.45, 2.75) is 51.6 Å². The monoisotopic (exact) mass is 391 g/mol. The zero-order chi connectivity index (χ0) is 19.2. The minimum atomic E-state index is -1.04. The normalized spacial score (nSPS) is 21.0. The van der Waals surface area contributed by atoms with Gasteiger partial charge in [-0.2, -0.15) is 0 Å². The highest BCUT2D eigenvalue weighted by atomic mass is 35.5. The molecule has 3 rings (SSSR count). The molecule has 27 heavy (non-hydrogen) atoms. The largest absolute Gasteiger partial charge is 0.368 e. The number of aliphatic hydroxyl groups is 1. The number of nitrogens with one attached hydrogen (secondary N) is 1. The fourth-order valence-electron chi connectivity index (χ4n) is 3.31. The lowest BCUT2D eigenvalue weighted by atomic mass is 9.98. The maximum Gasteiger partial charge on any atom is 0.199 e. The molecule has 7 heteroatoms. The highest BCUT2D eigenvalue weighted by molar-refractivity contribution is 6.30. The molecule has 3 atom stereocenters. The molecule has 1 aromatic carbocycles. The Morgan fingerprint density at radius 1 is 1.30 bits per heavy atom. The second-order valence-corrected chi connectivity index (χ2v) is 7.09. The van der Waals surface area contributed by atoms with E-state index in [1.807, 2.05) is 38.1 Å². The molecule has 2 aromatic rings. The van der Waals surface area contributed by atoms with Crippen molar-refractivity contribution >= 4 is 17.4 Å². The third-order valence-electron chi connectivity index (χ3n) is 4.77. The lowest BCUT2D eigenvalue weighted by Crippen LogP contribution is -2.29. The fourth-order valence-corrected chi connectivity index (χ4v) is 3.44. The number of nitrogens with zero attached hydrogens (tertiary/aromatic N) is 2. The molecule has 1 aromatic heterocycles. The first-order chi connectivity index (χ1) is 13.1. The van der Waals surface area contributed by atoms with Crippen molar-refractivity contribution in [1.29, 1.82) is 0 Å². The second kappa shape index (κ2) is 9.46. The molecule has 1 aliphatic heterocycles. The number of hydrogen-bond acceptors (Lipinski definition) is 6. The van der Waals surface area contributed by atoms with Gasteiger partial charge in [-0.15, -0.1) is 0 Å². The molecular formula is C20H26ClN3O3. The van der Waals surface area contributed by atoms with Crippen LogP contribution < -0.4 is 5.32 Å². The topological polar surface area (TPSA) is 76.5 Å². The van der Waals surface area contributed by atoms with Crippen LogP contribution in [0.5, 0.6) is 0 Å². The van der Waals surface area contributed by atoms with Crippen molar-refractivity contribution in [1.82, 2.24) is 9.97 Å². The number of hydrogen-bond donors (Lipinski definition) is 2. The highest BCUT2D eigenvalue weighted by Crippen LogP contribution is 2.32. The van der Waals surface area contributed by atoms with E-state index < -0.39 is 6.29 Å². The van der Waals surface area contributed by atoms with E-state index in [4.69, 9.17) is 21.1 Å². The van der Waals surface area contributed by atoms with Gasteiger partial charge in [-0.3, -0.25) is 0 Å². The first kappa shape index (κ1) is 20.0. The van der Waals surface area contributed by atoms with Gasteiger partial charge in [0.15, 0.2) is 6.29 Å². The Labute approximate surface area is 164 Å². The van der Waals surface area contributed by atoms with Crippen molar-refractivity contribution in [2.24, 2.45) is 0 Å². The van der Waals surface area contributed by atoms with Gasteiger partial charge in [0.25, 0.3) is 0 Å². The molecule has 0 amide bonds. The van der Waals surface area contributed by atoms with E-state index in [0.29, 0.717) is 24.7 Å². The van der Waals surface area contributed by atoms with Crippen LogP contribution in [0.15, 0.2) is 30.6 Å². The molecule has 1 fully saturated rings. The lowest BCUT2D eigenvalue weighted by Gasteiger charge is -2.31. The standard InChI is InChI=1S/C20H26ClN3O3/c1-3-26-20(25)18-13(2)19(24-12-23-18)22-11-16-5-4-6-17(27-16)14-7-9-15(21)10-8-14/h7-10,12,16-17,20,25H,3-6,11H2,1-2H3,(H,22,23,24). The van der Waals surface area contributed by atoms with Crippen LogP contribution in [0.25, 0.3) is 0 Å². The van der Waals surface area contributed by atoms with E-state index in [2.05, 4.69) is 15.3 Å². The molecule has 0 saturated carbocycles. The zero-order valence-electron chi connectivity index (χ0n) is 15.7. The third kappa shape index (κ3) is 5.17. The first-order valence-corrected chi connectivity index (χ1v) is 9.72. The fraction of sp³-hybridized carbons (Fsp3) is 0.500. The summed E-state index contributed by atoms with van der Waals surface area (Å²) >= 11 is 5.98. The third-order valence-corrected chi connectivity index (χ3v) is 5.02. The first-order valence-electron chi connectivity index (χ1n) is 9.34. The van der Waals surface area contributed by atoms with Crippen molar-refractivity contribution < 1.29 is 14.6 Å². The molecule has 1 saturated heterocycles. The molecule has 0 bridgehead atoms. The van der Waals surface area contributed by atoms with Gasteiger partial charge in [0.05, 0.1) is 12.2 Å². The Bertz CT molecular complexity index is 742. The highest BCUT2D eigenvalue weighted by Gasteiger charge is 2.24. The Balaban J connectivity index is 1.61. The minimum absolute atomic E-state index is 0.0876. The summed E-state index contributed by atoms with van der Waals surface area (Å²) < 4.78 is 11.5. The van der Waals surface area contributed by atoms with Crippen LogP contribution in [0, 0.1) is 6.92 Å². The van der Waals surface area contributed by atoms with Crippen LogP contribution in [-0.4, -0.2) is 34.3 Å². The van der Waals surface area contributed by atoms with E-state index in [0.717, 1.165) is 35.4 Å². The van der Waals surface area contributed by atoms with Gasteiger partial charge in [0, 0.05) is 23.7 Å². The summed E-state index contributed by atoms with van der Waals surface area (Å²) in [5.41, 5.74) is 2.42. The Morgan fingerprint density at radius 3 is 2.81 bits per heavy atom. The predicted molar refractivity (Wildman–Crippen MR) is 105 cm³/mol. The number of ether oxygens (including phenoxy) is 2. The molecule has 1 aliphatic rings. The van der Waals surface area contributed by atoms with E-state index in [-0.39, 0.29) is 12.2 Å². The summed E-state index contributed by atoms with van der Waals surface area (Å²) in [4.78, 5) is 8.44. The van der Waals surface area contributed by atoms with Gasteiger partial charge in [-0.05, 0) is 50.8 Å². The molecule has 6 nitrogen and oxygen atoms in total. The van der Waals surface area contributed by atoms with Gasteiger partial charge in [-0.25, -0.2) is 9.97 Å². The van der Waals surface area contributed by atoms with E-state index >= 15 is 0 Å². The maximum atomic E-state index is 10.0. The van der Waals surface area contributed by atoms with Crippen molar-refractivity contribution in [3.05, 3.63) is 52.4 Å². The van der Waals surface area contributed by atoms with E-state index in [1.54, 1.807) is 0 Å². The molecule has 146 valence electrons. The number of rotatable bonds is 7. The average molecular weight is 392 g/mol. The van der Waals surface area contributed by atoms with Gasteiger partial charge in [0.1, 0.15) is 17.8 Å². The van der Waals surface area contributed by atoms with Crippen molar-refractivity contribution in [2.75, 3.05) is 18.5 Å². The SMILES string of the molecule is CCOC(O)c1ncnc(NCC2CCCC(c3ccc(Cl)cc3)O2)c1C. The van der Waals surface area contributed by atoms with Gasteiger partial charge in [0.2, 0.25) is 0 Å². The summed E-state index contributed by atoms with van der Waals surface area (Å²) in [5.74, 6) is 0.691. The van der Waals surface area contributed by atoms with Crippen LogP contribution >= 0.6 is 11.6 Å². The van der Waals surface area contributed by atoms with Gasteiger partial charge < -0.3 is 19.9 Å². The smallest absolute Gasteiger partial charge is 0.199 e. The predicted octanol–water partition coefficient (Wildman–Crippen LogP) is 4.19. The van der Waals surface area contributed by atoms with Gasteiger partial charge in [-0.1, -0.05) is 23.7 Å². The number of aromatic nitrogens is 2. The molecule has 0 aliphatic carbocycles. The zero-order valence-corrected chi connectivity index (χ0v) is 16.4. The average Bonchev–Trinajstić information content (AvgIpc) is 2.68. The van der Waals surface area contributed by atoms with E-state index in [1.165, 1.54) is 6.33 Å². The summed E-state index contributed by atoms with van der Waals surface area (Å²) in [5, 5.41) is 14.1. The molecule has 0 spiro atoms. The molecule has 3 unspecified atom stereocenters. The quantitative estimate of drug-likeness (QED) is 0.689. The Morgan fingerprint density at radius 2 is 2.07 bits per heavy atom. The maximum absolute atomic E-state index is 10.0. The number of halogens is 1. The van der Waals surface area contributed by atoms with E-state index in [9.17, 15) is 5.11 Å². The summed E-state index contributed by atoms with van der Waals surface area (Å²) in [6.45, 7) is 4.76. The summed E-state index contributed by atoms with van der Waals surface area (Å²) in [7, 11) is 0. The number of aliphatic hydroxyl groups excluding tert-OH is 1. The van der Waals surface area contributed by atoms with Crippen LogP contribution in [0.4, 0.5) is 5.82 Å². The van der Waals surface area contributed by atoms with Gasteiger partial charge >= 0.3 is 0 Å². The summed E-state index contributed by atoms with van der Waals surface area (Å²) in [6, 6.07) is 7.85. The lowest BCUT2D eigenvalue weighted by molar-refractivity contribution is -0.101. The second-order valence-electron chi connectivity index (χ2n) is 6.65. The number of benzene rings is 1. The Kier molecular flexibility index (Phi) is 7.01. The Hall–Kier alpha value is -1.73. The van der Waals surface area contributed by atoms with Crippen molar-refractivity contribution in [3.8, 4) is 0 Å². The molecular weight excluding hydrogens is 366 g/mol. The minimum Gasteiger partial charge on any atom is -0.368 e. The molecule has 0 radical (unpaired) electrons. The molecule has 2 heterocycles. The van der Waals surface area contributed by atoms with Crippen molar-refractivity contribution in [3.63, 3.8) is 0 Å². The van der Waals surface area contributed by atoms with Crippen LogP contribution in [0.1, 0.15) is 55.4 Å². The molecule has 2 N–H and O–H groups in total. The van der Waals surface area contributed by atoms with Crippen LogP contribution in [0.2, 0.25) is 5.02 Å². The van der Waals surface area contributed by atoms with Crippen LogP contribution in [0.3, 0.4) is 0 Å². The van der Waals surface area contributed by atoms with Crippen LogP contribution in [-0.2, 0) is 9.47 Å². The number of anilines is 1.